The van der Waals surface area contributed by atoms with Crippen LogP contribution in [-0.4, -0.2) is 13.7 Å². The molecule has 1 saturated carbocycles. The summed E-state index contributed by atoms with van der Waals surface area (Å²) in [7, 11) is 1.72. The molecule has 0 bridgehead atoms. The molecule has 0 aliphatic heterocycles. The van der Waals surface area contributed by atoms with Gasteiger partial charge in [0.25, 0.3) is 0 Å². The van der Waals surface area contributed by atoms with Crippen LogP contribution < -0.4 is 10.5 Å². The molecule has 1 fully saturated rings. The van der Waals surface area contributed by atoms with Crippen LogP contribution in [0.1, 0.15) is 55.6 Å². The lowest BCUT2D eigenvalue weighted by molar-refractivity contribution is 0.405. The van der Waals surface area contributed by atoms with Gasteiger partial charge < -0.3 is 10.5 Å². The van der Waals surface area contributed by atoms with E-state index in [1.165, 1.54) is 36.8 Å². The number of ether oxygens (including phenoxy) is 1. The van der Waals surface area contributed by atoms with Crippen molar-refractivity contribution in [1.82, 2.24) is 0 Å². The Morgan fingerprint density at radius 3 is 2.63 bits per heavy atom. The lowest BCUT2D eigenvalue weighted by Gasteiger charge is -2.17. The van der Waals surface area contributed by atoms with Gasteiger partial charge in [-0.05, 0) is 61.8 Å². The minimum Gasteiger partial charge on any atom is -0.495 e. The molecule has 0 spiro atoms. The van der Waals surface area contributed by atoms with E-state index < -0.39 is 0 Å². The van der Waals surface area contributed by atoms with Gasteiger partial charge >= 0.3 is 0 Å². The van der Waals surface area contributed by atoms with Crippen molar-refractivity contribution >= 4 is 11.6 Å². The molecule has 1 aromatic rings. The first kappa shape index (κ1) is 14.7. The van der Waals surface area contributed by atoms with Crippen molar-refractivity contribution in [3.8, 4) is 5.75 Å². The molecule has 2 nitrogen and oxygen atoms in total. The third kappa shape index (κ3) is 3.64. The molecule has 106 valence electrons. The Morgan fingerprint density at radius 2 is 2.00 bits per heavy atom. The molecule has 2 rings (SSSR count). The fourth-order valence-electron chi connectivity index (χ4n) is 3.05. The van der Waals surface area contributed by atoms with Crippen LogP contribution in [0.5, 0.6) is 5.75 Å². The highest BCUT2D eigenvalue weighted by Crippen LogP contribution is 2.42. The number of hydrogen-bond acceptors (Lipinski definition) is 2. The molecule has 1 aliphatic carbocycles. The van der Waals surface area contributed by atoms with Crippen LogP contribution in [0.2, 0.25) is 5.02 Å². The fraction of sp³-hybridized carbons (Fsp3) is 0.625. The molecule has 2 N–H and O–H groups in total. The number of benzene rings is 1. The number of aryl methyl sites for hydroxylation is 1. The van der Waals surface area contributed by atoms with Crippen molar-refractivity contribution in [3.63, 3.8) is 0 Å². The molecule has 0 radical (unpaired) electrons. The molecule has 0 amide bonds. The van der Waals surface area contributed by atoms with Gasteiger partial charge in [0.1, 0.15) is 5.75 Å². The molecular weight excluding hydrogens is 258 g/mol. The third-order valence-corrected chi connectivity index (χ3v) is 4.33. The van der Waals surface area contributed by atoms with E-state index in [4.69, 9.17) is 22.1 Å². The number of hydrogen-bond donors (Lipinski definition) is 1. The lowest BCUT2D eigenvalue weighted by Crippen LogP contribution is -2.02. The molecule has 19 heavy (non-hydrogen) atoms. The first-order valence-electron chi connectivity index (χ1n) is 7.32. The Balaban J connectivity index is 2.22. The van der Waals surface area contributed by atoms with Gasteiger partial charge in [0, 0.05) is 0 Å². The molecule has 0 heterocycles. The summed E-state index contributed by atoms with van der Waals surface area (Å²) in [5.74, 6) is 1.51. The molecule has 0 saturated heterocycles. The highest BCUT2D eigenvalue weighted by molar-refractivity contribution is 6.32. The summed E-state index contributed by atoms with van der Waals surface area (Å²) in [4.78, 5) is 0. The van der Waals surface area contributed by atoms with Crippen LogP contribution in [0.25, 0.3) is 0 Å². The standard InChI is InChI=1S/C16H24ClNO/c1-19-16-14(13-7-2-3-8-13)10-12(11-15(16)17)6-4-5-9-18/h10-11,13H,2-9,18H2,1H3. The number of rotatable bonds is 6. The summed E-state index contributed by atoms with van der Waals surface area (Å²) in [6.45, 7) is 0.763. The zero-order valence-corrected chi connectivity index (χ0v) is 12.5. The monoisotopic (exact) mass is 281 g/mol. The highest BCUT2D eigenvalue weighted by atomic mass is 35.5. The van der Waals surface area contributed by atoms with E-state index in [0.717, 1.165) is 36.6 Å². The highest BCUT2D eigenvalue weighted by Gasteiger charge is 2.22. The Morgan fingerprint density at radius 1 is 1.26 bits per heavy atom. The number of methoxy groups -OCH3 is 1. The van der Waals surface area contributed by atoms with Gasteiger partial charge in [0.15, 0.2) is 0 Å². The van der Waals surface area contributed by atoms with E-state index in [2.05, 4.69) is 12.1 Å². The van der Waals surface area contributed by atoms with Crippen molar-refractivity contribution in [2.75, 3.05) is 13.7 Å². The fourth-order valence-corrected chi connectivity index (χ4v) is 3.37. The quantitative estimate of drug-likeness (QED) is 0.790. The van der Waals surface area contributed by atoms with Crippen molar-refractivity contribution in [1.29, 1.82) is 0 Å². The predicted octanol–water partition coefficient (Wildman–Crippen LogP) is 4.29. The average Bonchev–Trinajstić information content (AvgIpc) is 2.92. The van der Waals surface area contributed by atoms with Crippen LogP contribution in [0.3, 0.4) is 0 Å². The Bertz CT molecular complexity index is 413. The van der Waals surface area contributed by atoms with Gasteiger partial charge in [-0.25, -0.2) is 0 Å². The van der Waals surface area contributed by atoms with E-state index in [9.17, 15) is 0 Å². The minimum atomic E-state index is 0.627. The SMILES string of the molecule is COc1c(Cl)cc(CCCCN)cc1C1CCCC1. The molecule has 0 aromatic heterocycles. The van der Waals surface area contributed by atoms with E-state index in [-0.39, 0.29) is 0 Å². The third-order valence-electron chi connectivity index (χ3n) is 4.05. The van der Waals surface area contributed by atoms with Gasteiger partial charge in [-0.15, -0.1) is 0 Å². The maximum atomic E-state index is 6.38. The van der Waals surface area contributed by atoms with Crippen molar-refractivity contribution in [2.24, 2.45) is 5.73 Å². The Labute approximate surface area is 121 Å². The van der Waals surface area contributed by atoms with Crippen molar-refractivity contribution in [2.45, 2.75) is 50.9 Å². The number of nitrogens with two attached hydrogens (primary N) is 1. The molecule has 0 atom stereocenters. The number of unbranched alkanes of at least 4 members (excludes halogenated alkanes) is 1. The van der Waals surface area contributed by atoms with Gasteiger partial charge in [-0.3, -0.25) is 0 Å². The maximum Gasteiger partial charge on any atom is 0.140 e. The average molecular weight is 282 g/mol. The van der Waals surface area contributed by atoms with E-state index >= 15 is 0 Å². The van der Waals surface area contributed by atoms with Crippen LogP contribution in [0.4, 0.5) is 0 Å². The first-order chi connectivity index (χ1) is 9.26. The Kier molecular flexibility index (Phi) is 5.53. The molecule has 1 aliphatic rings. The van der Waals surface area contributed by atoms with Gasteiger partial charge in [-0.1, -0.05) is 30.5 Å². The van der Waals surface area contributed by atoms with E-state index in [1.54, 1.807) is 7.11 Å². The number of halogens is 1. The van der Waals surface area contributed by atoms with Crippen LogP contribution in [0, 0.1) is 0 Å². The lowest BCUT2D eigenvalue weighted by atomic mass is 9.93. The summed E-state index contributed by atoms with van der Waals surface area (Å²) >= 11 is 6.38. The van der Waals surface area contributed by atoms with E-state index in [1.807, 2.05) is 0 Å². The zero-order chi connectivity index (χ0) is 13.7. The topological polar surface area (TPSA) is 35.2 Å². The smallest absolute Gasteiger partial charge is 0.140 e. The van der Waals surface area contributed by atoms with Gasteiger partial charge in [0.2, 0.25) is 0 Å². The Hall–Kier alpha value is -0.730. The minimum absolute atomic E-state index is 0.627. The van der Waals surface area contributed by atoms with Crippen LogP contribution in [0.15, 0.2) is 12.1 Å². The predicted molar refractivity (Wildman–Crippen MR) is 81.2 cm³/mol. The van der Waals surface area contributed by atoms with Gasteiger partial charge in [0.05, 0.1) is 12.1 Å². The summed E-state index contributed by atoms with van der Waals surface area (Å²) in [6, 6.07) is 4.35. The van der Waals surface area contributed by atoms with E-state index in [0.29, 0.717) is 5.92 Å². The van der Waals surface area contributed by atoms with Crippen LogP contribution >= 0.6 is 11.6 Å². The first-order valence-corrected chi connectivity index (χ1v) is 7.70. The zero-order valence-electron chi connectivity index (χ0n) is 11.8. The van der Waals surface area contributed by atoms with Crippen molar-refractivity contribution in [3.05, 3.63) is 28.3 Å². The summed E-state index contributed by atoms with van der Waals surface area (Å²) in [5, 5.41) is 0.759. The second-order valence-corrected chi connectivity index (χ2v) is 5.83. The summed E-state index contributed by atoms with van der Waals surface area (Å²) < 4.78 is 5.52. The normalized spacial score (nSPS) is 15.9. The molecule has 1 aromatic carbocycles. The summed E-state index contributed by atoms with van der Waals surface area (Å²) in [5.41, 5.74) is 8.19. The molecular formula is C16H24ClNO. The molecule has 3 heteroatoms. The van der Waals surface area contributed by atoms with Crippen molar-refractivity contribution < 1.29 is 4.74 Å². The van der Waals surface area contributed by atoms with Gasteiger partial charge in [-0.2, -0.15) is 0 Å². The maximum absolute atomic E-state index is 6.38. The second-order valence-electron chi connectivity index (χ2n) is 5.43. The van der Waals surface area contributed by atoms with Crippen LogP contribution in [-0.2, 0) is 6.42 Å². The molecule has 0 unspecified atom stereocenters. The second kappa shape index (κ2) is 7.16. The largest absolute Gasteiger partial charge is 0.495 e. The summed E-state index contributed by atoms with van der Waals surface area (Å²) in [6.07, 6.45) is 8.43.